The Kier molecular flexibility index (Phi) is 6.04. The van der Waals surface area contributed by atoms with Crippen LogP contribution < -0.4 is 10.7 Å². The van der Waals surface area contributed by atoms with Crippen molar-refractivity contribution >= 4 is 16.9 Å². The van der Waals surface area contributed by atoms with Gasteiger partial charge in [0.05, 0.1) is 11.4 Å². The topological polar surface area (TPSA) is 75.7 Å². The molecule has 4 rings (SSSR count). The van der Waals surface area contributed by atoms with Crippen LogP contribution in [-0.4, -0.2) is 30.4 Å². The van der Waals surface area contributed by atoms with E-state index < -0.39 is 0 Å². The van der Waals surface area contributed by atoms with E-state index in [0.29, 0.717) is 17.5 Å². The Bertz CT molecular complexity index is 1090. The van der Waals surface area contributed by atoms with Crippen molar-refractivity contribution in [3.63, 3.8) is 0 Å². The Morgan fingerprint density at radius 1 is 1.10 bits per heavy atom. The lowest BCUT2D eigenvalue weighted by Crippen LogP contribution is -2.40. The molecule has 1 saturated heterocycles. The van der Waals surface area contributed by atoms with E-state index in [1.807, 2.05) is 38.1 Å². The van der Waals surface area contributed by atoms with E-state index in [1.165, 1.54) is 12.5 Å². The zero-order valence-electron chi connectivity index (χ0n) is 17.6. The molecule has 1 aliphatic rings. The molecule has 2 aromatic heterocycles. The Morgan fingerprint density at radius 2 is 1.90 bits per heavy atom. The molecule has 3 aromatic rings. The summed E-state index contributed by atoms with van der Waals surface area (Å²) in [6.07, 6.45) is 4.35. The van der Waals surface area contributed by atoms with Crippen LogP contribution in [0, 0.1) is 6.92 Å². The molecule has 158 valence electrons. The number of amides is 1. The lowest BCUT2D eigenvalue weighted by molar-refractivity contribution is 0.0887. The molecule has 0 spiro atoms. The number of carbonyl (C=O) groups excluding carboxylic acids is 1. The first-order valence-electron chi connectivity index (χ1n) is 10.7. The summed E-state index contributed by atoms with van der Waals surface area (Å²) in [6, 6.07) is 10.7. The van der Waals surface area contributed by atoms with Crippen molar-refractivity contribution in [2.75, 3.05) is 19.6 Å². The van der Waals surface area contributed by atoms with Gasteiger partial charge < -0.3 is 14.2 Å². The highest BCUT2D eigenvalue weighted by molar-refractivity contribution is 5.93. The SMILES string of the molecule is CCc1ccc2oc(C(=O)NCC(c3ccc(C)o3)N3CCCCC3)cc(=O)c2c1. The van der Waals surface area contributed by atoms with Gasteiger partial charge in [-0.15, -0.1) is 0 Å². The Hall–Kier alpha value is -2.86. The molecule has 1 atom stereocenters. The van der Waals surface area contributed by atoms with Crippen LogP contribution in [0.3, 0.4) is 0 Å². The summed E-state index contributed by atoms with van der Waals surface area (Å²) in [5.41, 5.74) is 1.29. The smallest absolute Gasteiger partial charge is 0.287 e. The third-order valence-electron chi connectivity index (χ3n) is 5.80. The Labute approximate surface area is 175 Å². The van der Waals surface area contributed by atoms with Crippen molar-refractivity contribution in [2.45, 2.75) is 45.6 Å². The van der Waals surface area contributed by atoms with Gasteiger partial charge in [0.1, 0.15) is 17.1 Å². The number of hydrogen-bond acceptors (Lipinski definition) is 5. The third-order valence-corrected chi connectivity index (χ3v) is 5.80. The summed E-state index contributed by atoms with van der Waals surface area (Å²) in [4.78, 5) is 27.7. The van der Waals surface area contributed by atoms with Crippen molar-refractivity contribution in [1.82, 2.24) is 10.2 Å². The first-order chi connectivity index (χ1) is 14.5. The lowest BCUT2D eigenvalue weighted by atomic mass is 10.1. The molecule has 0 bridgehead atoms. The van der Waals surface area contributed by atoms with Gasteiger partial charge in [-0.3, -0.25) is 14.5 Å². The standard InChI is InChI=1S/C24H28N2O4/c1-3-17-8-10-21-18(13-17)20(27)14-23(30-21)24(28)25-15-19(22-9-7-16(2)29-22)26-11-5-4-6-12-26/h7-10,13-14,19H,3-6,11-12,15H2,1-2H3,(H,25,28). The fraction of sp³-hybridized carbons (Fsp3) is 0.417. The summed E-state index contributed by atoms with van der Waals surface area (Å²) >= 11 is 0. The van der Waals surface area contributed by atoms with Gasteiger partial charge in [-0.1, -0.05) is 19.4 Å². The molecule has 1 aliphatic heterocycles. The van der Waals surface area contributed by atoms with Gasteiger partial charge in [-0.05, 0) is 69.1 Å². The van der Waals surface area contributed by atoms with Gasteiger partial charge in [0, 0.05) is 12.6 Å². The van der Waals surface area contributed by atoms with Crippen molar-refractivity contribution < 1.29 is 13.6 Å². The van der Waals surface area contributed by atoms with E-state index >= 15 is 0 Å². The summed E-state index contributed by atoms with van der Waals surface area (Å²) in [7, 11) is 0. The number of likely N-dealkylation sites (tertiary alicyclic amines) is 1. The van der Waals surface area contributed by atoms with Crippen LogP contribution >= 0.6 is 0 Å². The molecule has 1 amide bonds. The number of nitrogens with zero attached hydrogens (tertiary/aromatic N) is 1. The van der Waals surface area contributed by atoms with Gasteiger partial charge in [0.25, 0.3) is 5.91 Å². The van der Waals surface area contributed by atoms with Crippen LogP contribution in [0.4, 0.5) is 0 Å². The van der Waals surface area contributed by atoms with E-state index in [0.717, 1.165) is 49.4 Å². The predicted octanol–water partition coefficient (Wildman–Crippen LogP) is 4.21. The van der Waals surface area contributed by atoms with Gasteiger partial charge >= 0.3 is 0 Å². The van der Waals surface area contributed by atoms with Gasteiger partial charge in [0.2, 0.25) is 0 Å². The first-order valence-corrected chi connectivity index (χ1v) is 10.7. The Morgan fingerprint density at radius 3 is 2.60 bits per heavy atom. The van der Waals surface area contributed by atoms with E-state index in [-0.39, 0.29) is 23.1 Å². The number of aryl methyl sites for hydroxylation is 2. The van der Waals surface area contributed by atoms with Crippen molar-refractivity contribution in [3.8, 4) is 0 Å². The molecule has 1 unspecified atom stereocenters. The van der Waals surface area contributed by atoms with Gasteiger partial charge in [-0.25, -0.2) is 0 Å². The highest BCUT2D eigenvalue weighted by Crippen LogP contribution is 2.26. The molecular weight excluding hydrogens is 380 g/mol. The molecule has 6 nitrogen and oxygen atoms in total. The highest BCUT2D eigenvalue weighted by Gasteiger charge is 2.26. The second kappa shape index (κ2) is 8.88. The predicted molar refractivity (Wildman–Crippen MR) is 116 cm³/mol. The van der Waals surface area contributed by atoms with Crippen molar-refractivity contribution in [2.24, 2.45) is 0 Å². The summed E-state index contributed by atoms with van der Waals surface area (Å²) in [6.45, 7) is 6.30. The first kappa shape index (κ1) is 20.4. The van der Waals surface area contributed by atoms with E-state index in [2.05, 4.69) is 10.2 Å². The largest absolute Gasteiger partial charge is 0.465 e. The van der Waals surface area contributed by atoms with E-state index in [1.54, 1.807) is 6.07 Å². The van der Waals surface area contributed by atoms with Crippen LogP contribution in [-0.2, 0) is 6.42 Å². The quantitative estimate of drug-likeness (QED) is 0.661. The number of benzene rings is 1. The summed E-state index contributed by atoms with van der Waals surface area (Å²) in [5.74, 6) is 1.34. The van der Waals surface area contributed by atoms with Crippen molar-refractivity contribution in [1.29, 1.82) is 0 Å². The molecule has 0 radical (unpaired) electrons. The molecule has 1 N–H and O–H groups in total. The minimum Gasteiger partial charge on any atom is -0.465 e. The second-order valence-electron chi connectivity index (χ2n) is 7.93. The van der Waals surface area contributed by atoms with Crippen molar-refractivity contribution in [3.05, 3.63) is 69.5 Å². The second-order valence-corrected chi connectivity index (χ2v) is 7.93. The number of carbonyl (C=O) groups is 1. The average molecular weight is 408 g/mol. The van der Waals surface area contributed by atoms with E-state index in [4.69, 9.17) is 8.83 Å². The fourth-order valence-corrected chi connectivity index (χ4v) is 4.08. The molecule has 0 saturated carbocycles. The minimum atomic E-state index is -0.390. The maximum atomic E-state index is 12.8. The van der Waals surface area contributed by atoms with Crippen LogP contribution in [0.25, 0.3) is 11.0 Å². The Balaban J connectivity index is 1.53. The fourth-order valence-electron chi connectivity index (χ4n) is 4.08. The average Bonchev–Trinajstić information content (AvgIpc) is 3.20. The molecular formula is C24H28N2O4. The number of fused-ring (bicyclic) bond motifs is 1. The number of rotatable bonds is 6. The number of furan rings is 1. The number of piperidine rings is 1. The molecule has 3 heterocycles. The molecule has 30 heavy (non-hydrogen) atoms. The van der Waals surface area contributed by atoms with E-state index in [9.17, 15) is 9.59 Å². The molecule has 1 aromatic carbocycles. The van der Waals surface area contributed by atoms with Gasteiger partial charge in [0.15, 0.2) is 11.2 Å². The molecule has 0 aliphatic carbocycles. The third kappa shape index (κ3) is 4.33. The van der Waals surface area contributed by atoms with Crippen LogP contribution in [0.2, 0.25) is 0 Å². The molecule has 6 heteroatoms. The zero-order chi connectivity index (χ0) is 21.1. The van der Waals surface area contributed by atoms with Crippen LogP contribution in [0.5, 0.6) is 0 Å². The molecule has 1 fully saturated rings. The summed E-state index contributed by atoms with van der Waals surface area (Å²) in [5, 5.41) is 3.45. The maximum Gasteiger partial charge on any atom is 0.287 e. The highest BCUT2D eigenvalue weighted by atomic mass is 16.3. The minimum absolute atomic E-state index is 0.0322. The lowest BCUT2D eigenvalue weighted by Gasteiger charge is -2.33. The van der Waals surface area contributed by atoms with Gasteiger partial charge in [-0.2, -0.15) is 0 Å². The number of nitrogens with one attached hydrogen (secondary N) is 1. The normalized spacial score (nSPS) is 15.9. The zero-order valence-corrected chi connectivity index (χ0v) is 17.6. The van der Waals surface area contributed by atoms with Crippen LogP contribution in [0.1, 0.15) is 59.9 Å². The summed E-state index contributed by atoms with van der Waals surface area (Å²) < 4.78 is 11.6. The number of hydrogen-bond donors (Lipinski definition) is 1. The van der Waals surface area contributed by atoms with Crippen LogP contribution in [0.15, 0.2) is 50.0 Å². The monoisotopic (exact) mass is 408 g/mol. The maximum absolute atomic E-state index is 12.8.